The molecule has 31 heavy (non-hydrogen) atoms. The van der Waals surface area contributed by atoms with Gasteiger partial charge in [-0.3, -0.25) is 4.79 Å². The van der Waals surface area contributed by atoms with Gasteiger partial charge in [0.05, 0.1) is 12.2 Å². The molecular weight excluding hydrogens is 419 g/mol. The van der Waals surface area contributed by atoms with Gasteiger partial charge in [0.25, 0.3) is 0 Å². The molecule has 0 aromatic heterocycles. The van der Waals surface area contributed by atoms with Crippen LogP contribution in [0.1, 0.15) is 13.3 Å². The average Bonchev–Trinajstić information content (AvgIpc) is 2.76. The first-order valence-corrected chi connectivity index (χ1v) is 11.2. The lowest BCUT2D eigenvalue weighted by atomic mass is 10.3. The molecule has 6 nitrogen and oxygen atoms in total. The molecule has 1 N–H and O–H groups in total. The van der Waals surface area contributed by atoms with Crippen molar-refractivity contribution in [3.8, 4) is 11.5 Å². The van der Waals surface area contributed by atoms with Crippen LogP contribution in [0.25, 0.3) is 0 Å². The SMILES string of the molecule is CCCN(CC(=O)Nc1ccccc1Oc1ccccc1)S(=O)(=O)c1ccccc1F. The number of sulfonamides is 1. The Morgan fingerprint density at radius 1 is 0.968 bits per heavy atom. The minimum atomic E-state index is -4.17. The van der Waals surface area contributed by atoms with Gasteiger partial charge in [-0.05, 0) is 42.8 Å². The van der Waals surface area contributed by atoms with Gasteiger partial charge >= 0.3 is 0 Å². The first kappa shape index (κ1) is 22.5. The van der Waals surface area contributed by atoms with Crippen molar-refractivity contribution >= 4 is 21.6 Å². The van der Waals surface area contributed by atoms with Gasteiger partial charge in [0, 0.05) is 6.54 Å². The molecule has 0 aliphatic heterocycles. The number of para-hydroxylation sites is 3. The molecule has 0 heterocycles. The van der Waals surface area contributed by atoms with E-state index in [2.05, 4.69) is 5.32 Å². The zero-order valence-electron chi connectivity index (χ0n) is 17.0. The van der Waals surface area contributed by atoms with Gasteiger partial charge < -0.3 is 10.1 Å². The Labute approximate surface area is 181 Å². The van der Waals surface area contributed by atoms with Crippen molar-refractivity contribution in [2.24, 2.45) is 0 Å². The molecule has 0 fully saturated rings. The zero-order chi connectivity index (χ0) is 22.3. The maximum Gasteiger partial charge on any atom is 0.246 e. The molecule has 0 aliphatic carbocycles. The number of carbonyl (C=O) groups excluding carboxylic acids is 1. The van der Waals surface area contributed by atoms with Crippen molar-refractivity contribution < 1.29 is 22.3 Å². The van der Waals surface area contributed by atoms with Crippen LogP contribution in [0.15, 0.2) is 83.8 Å². The molecule has 3 aromatic carbocycles. The Balaban J connectivity index is 1.78. The number of halogens is 1. The Morgan fingerprint density at radius 3 is 2.32 bits per heavy atom. The molecule has 0 radical (unpaired) electrons. The molecule has 0 spiro atoms. The van der Waals surface area contributed by atoms with Gasteiger partial charge in [0.1, 0.15) is 16.5 Å². The number of carbonyl (C=O) groups is 1. The second-order valence-electron chi connectivity index (χ2n) is 6.73. The molecule has 0 atom stereocenters. The summed E-state index contributed by atoms with van der Waals surface area (Å²) in [5.74, 6) is -0.400. The van der Waals surface area contributed by atoms with Crippen LogP contribution in [0.3, 0.4) is 0 Å². The third-order valence-corrected chi connectivity index (χ3v) is 6.26. The van der Waals surface area contributed by atoms with Crippen molar-refractivity contribution in [3.05, 3.63) is 84.7 Å². The highest BCUT2D eigenvalue weighted by Gasteiger charge is 2.28. The van der Waals surface area contributed by atoms with E-state index in [1.165, 1.54) is 18.2 Å². The summed E-state index contributed by atoms with van der Waals surface area (Å²) in [4.78, 5) is 12.2. The highest BCUT2D eigenvalue weighted by molar-refractivity contribution is 7.89. The smallest absolute Gasteiger partial charge is 0.246 e. The predicted molar refractivity (Wildman–Crippen MR) is 117 cm³/mol. The lowest BCUT2D eigenvalue weighted by molar-refractivity contribution is -0.116. The average molecular weight is 443 g/mol. The summed E-state index contributed by atoms with van der Waals surface area (Å²) in [5.41, 5.74) is 0.399. The van der Waals surface area contributed by atoms with Gasteiger partial charge in [0.2, 0.25) is 15.9 Å². The van der Waals surface area contributed by atoms with E-state index in [0.717, 1.165) is 10.4 Å². The minimum Gasteiger partial charge on any atom is -0.455 e. The fourth-order valence-corrected chi connectivity index (χ4v) is 4.50. The zero-order valence-corrected chi connectivity index (χ0v) is 17.8. The molecular formula is C23H23FN2O4S. The number of ether oxygens (including phenoxy) is 1. The molecule has 0 saturated carbocycles. The summed E-state index contributed by atoms with van der Waals surface area (Å²) in [7, 11) is -4.17. The lowest BCUT2D eigenvalue weighted by Gasteiger charge is -2.22. The summed E-state index contributed by atoms with van der Waals surface area (Å²) < 4.78 is 46.7. The molecule has 162 valence electrons. The quantitative estimate of drug-likeness (QED) is 0.523. The van der Waals surface area contributed by atoms with Crippen LogP contribution in [0.2, 0.25) is 0 Å². The lowest BCUT2D eigenvalue weighted by Crippen LogP contribution is -2.38. The monoisotopic (exact) mass is 442 g/mol. The summed E-state index contributed by atoms with van der Waals surface area (Å²) in [6.45, 7) is 1.40. The third-order valence-electron chi connectivity index (χ3n) is 4.38. The number of nitrogens with zero attached hydrogens (tertiary/aromatic N) is 1. The maximum atomic E-state index is 14.1. The van der Waals surface area contributed by atoms with E-state index in [4.69, 9.17) is 4.74 Å². The van der Waals surface area contributed by atoms with Crippen molar-refractivity contribution in [3.63, 3.8) is 0 Å². The topological polar surface area (TPSA) is 75.7 Å². The van der Waals surface area contributed by atoms with Gasteiger partial charge in [-0.25, -0.2) is 12.8 Å². The van der Waals surface area contributed by atoms with E-state index in [-0.39, 0.29) is 6.54 Å². The fraction of sp³-hybridized carbons (Fsp3) is 0.174. The highest BCUT2D eigenvalue weighted by atomic mass is 32.2. The number of anilines is 1. The first-order chi connectivity index (χ1) is 14.9. The second-order valence-corrected chi connectivity index (χ2v) is 8.63. The number of benzene rings is 3. The summed E-state index contributed by atoms with van der Waals surface area (Å²) in [5, 5.41) is 2.69. The van der Waals surface area contributed by atoms with E-state index in [1.54, 1.807) is 43.3 Å². The molecule has 1 amide bonds. The summed E-state index contributed by atoms with van der Waals surface area (Å²) in [6, 6.07) is 21.0. The maximum absolute atomic E-state index is 14.1. The second kappa shape index (κ2) is 10.2. The molecule has 0 aliphatic rings. The molecule has 8 heteroatoms. The van der Waals surface area contributed by atoms with E-state index in [9.17, 15) is 17.6 Å². The Morgan fingerprint density at radius 2 is 1.61 bits per heavy atom. The van der Waals surface area contributed by atoms with Crippen LogP contribution >= 0.6 is 0 Å². The molecule has 0 unspecified atom stereocenters. The van der Waals surface area contributed by atoms with Crippen molar-refractivity contribution in [1.29, 1.82) is 0 Å². The molecule has 0 bridgehead atoms. The Bertz CT molecular complexity index is 1140. The van der Waals surface area contributed by atoms with Crippen molar-refractivity contribution in [1.82, 2.24) is 4.31 Å². The summed E-state index contributed by atoms with van der Waals surface area (Å²) in [6.07, 6.45) is 0.467. The highest BCUT2D eigenvalue weighted by Crippen LogP contribution is 2.29. The Hall–Kier alpha value is -3.23. The number of nitrogens with one attached hydrogen (secondary N) is 1. The minimum absolute atomic E-state index is 0.0756. The first-order valence-electron chi connectivity index (χ1n) is 9.78. The number of rotatable bonds is 9. The normalized spacial score (nSPS) is 11.3. The van der Waals surface area contributed by atoms with Crippen LogP contribution in [0.4, 0.5) is 10.1 Å². The molecule has 3 aromatic rings. The molecule has 3 rings (SSSR count). The van der Waals surface area contributed by atoms with E-state index < -0.39 is 33.2 Å². The van der Waals surface area contributed by atoms with Crippen LogP contribution in [-0.2, 0) is 14.8 Å². The molecule has 0 saturated heterocycles. The Kier molecular flexibility index (Phi) is 7.38. The standard InChI is InChI=1S/C23H23FN2O4S/c1-2-16-26(31(28,29)22-15-9-6-12-19(22)24)17-23(27)25-20-13-7-8-14-21(20)30-18-10-4-3-5-11-18/h3-15H,2,16-17H2,1H3,(H,25,27). The van der Waals surface area contributed by atoms with Crippen LogP contribution in [0.5, 0.6) is 11.5 Å². The van der Waals surface area contributed by atoms with Gasteiger partial charge in [0.15, 0.2) is 5.75 Å². The largest absolute Gasteiger partial charge is 0.455 e. The van der Waals surface area contributed by atoms with E-state index in [1.807, 2.05) is 18.2 Å². The van der Waals surface area contributed by atoms with Gasteiger partial charge in [-0.15, -0.1) is 0 Å². The van der Waals surface area contributed by atoms with Crippen LogP contribution < -0.4 is 10.1 Å². The van der Waals surface area contributed by atoms with Crippen molar-refractivity contribution in [2.45, 2.75) is 18.2 Å². The summed E-state index contributed by atoms with van der Waals surface area (Å²) >= 11 is 0. The van der Waals surface area contributed by atoms with Gasteiger partial charge in [-0.1, -0.05) is 49.4 Å². The van der Waals surface area contributed by atoms with Crippen LogP contribution in [0, 0.1) is 5.82 Å². The predicted octanol–water partition coefficient (Wildman–Crippen LogP) is 4.66. The number of hydrogen-bond acceptors (Lipinski definition) is 4. The third kappa shape index (κ3) is 5.68. The fourth-order valence-electron chi connectivity index (χ4n) is 2.95. The van der Waals surface area contributed by atoms with Gasteiger partial charge in [-0.2, -0.15) is 4.31 Å². The number of amides is 1. The van der Waals surface area contributed by atoms with Crippen molar-refractivity contribution in [2.75, 3.05) is 18.4 Å². The van der Waals surface area contributed by atoms with E-state index >= 15 is 0 Å². The van der Waals surface area contributed by atoms with E-state index in [0.29, 0.717) is 23.6 Å². The number of hydrogen-bond donors (Lipinski definition) is 1. The van der Waals surface area contributed by atoms with Crippen LogP contribution in [-0.4, -0.2) is 31.7 Å².